The lowest BCUT2D eigenvalue weighted by Crippen LogP contribution is -2.35. The molecule has 1 heterocycles. The molecule has 0 aromatic carbocycles. The molecular weight excluding hydrogens is 202 g/mol. The van der Waals surface area contributed by atoms with E-state index in [2.05, 4.69) is 31.2 Å². The van der Waals surface area contributed by atoms with E-state index in [9.17, 15) is 0 Å². The highest BCUT2D eigenvalue weighted by molar-refractivity contribution is 4.99. The Balaban J connectivity index is 2.36. The maximum atomic E-state index is 5.41. The van der Waals surface area contributed by atoms with Crippen LogP contribution >= 0.6 is 0 Å². The summed E-state index contributed by atoms with van der Waals surface area (Å²) < 4.78 is 7.30. The fraction of sp³-hybridized carbons (Fsp3) is 0.750. The summed E-state index contributed by atoms with van der Waals surface area (Å²) in [6.07, 6.45) is 2.81. The first-order chi connectivity index (χ1) is 7.44. The van der Waals surface area contributed by atoms with E-state index >= 15 is 0 Å². The van der Waals surface area contributed by atoms with Crippen LogP contribution in [0.15, 0.2) is 12.3 Å². The molecule has 0 amide bonds. The number of nitrogens with one attached hydrogen (secondary N) is 1. The predicted octanol–water partition coefficient (Wildman–Crippen LogP) is 1.71. The molecule has 1 rings (SSSR count). The quantitative estimate of drug-likeness (QED) is 0.801. The van der Waals surface area contributed by atoms with Gasteiger partial charge in [-0.2, -0.15) is 5.10 Å². The second kappa shape index (κ2) is 5.46. The van der Waals surface area contributed by atoms with Gasteiger partial charge in [-0.15, -0.1) is 0 Å². The topological polar surface area (TPSA) is 39.1 Å². The Hall–Kier alpha value is -0.870. The van der Waals surface area contributed by atoms with Gasteiger partial charge in [-0.25, -0.2) is 0 Å². The van der Waals surface area contributed by atoms with Crippen molar-refractivity contribution in [2.24, 2.45) is 7.05 Å². The van der Waals surface area contributed by atoms with Crippen molar-refractivity contribution in [3.05, 3.63) is 18.0 Å². The molecule has 0 aliphatic heterocycles. The first-order valence-corrected chi connectivity index (χ1v) is 5.70. The van der Waals surface area contributed by atoms with E-state index in [1.165, 1.54) is 5.69 Å². The molecule has 4 nitrogen and oxygen atoms in total. The third kappa shape index (κ3) is 3.94. The maximum absolute atomic E-state index is 5.41. The minimum atomic E-state index is -0.0706. The van der Waals surface area contributed by atoms with E-state index in [0.717, 1.165) is 13.0 Å². The predicted molar refractivity (Wildman–Crippen MR) is 65.2 cm³/mol. The lowest BCUT2D eigenvalue weighted by atomic mass is 10.00. The van der Waals surface area contributed by atoms with Crippen LogP contribution in [0.25, 0.3) is 0 Å². The summed E-state index contributed by atoms with van der Waals surface area (Å²) in [5.41, 5.74) is 1.13. The van der Waals surface area contributed by atoms with Gasteiger partial charge in [0.05, 0.1) is 11.3 Å². The van der Waals surface area contributed by atoms with Crippen molar-refractivity contribution < 1.29 is 4.74 Å². The van der Waals surface area contributed by atoms with Gasteiger partial charge in [0.25, 0.3) is 0 Å². The van der Waals surface area contributed by atoms with Gasteiger partial charge in [0.2, 0.25) is 0 Å². The standard InChI is InChI=1S/C12H23N3O/c1-10(8-12(2,3)16-5)13-9-11-6-7-14-15(11)4/h6-7,10,13H,8-9H2,1-5H3. The molecule has 16 heavy (non-hydrogen) atoms. The molecule has 0 aliphatic carbocycles. The van der Waals surface area contributed by atoms with E-state index in [1.54, 1.807) is 7.11 Å². The van der Waals surface area contributed by atoms with Crippen molar-refractivity contribution in [1.82, 2.24) is 15.1 Å². The summed E-state index contributed by atoms with van der Waals surface area (Å²) >= 11 is 0. The largest absolute Gasteiger partial charge is 0.379 e. The molecule has 1 aromatic heterocycles. The van der Waals surface area contributed by atoms with Gasteiger partial charge in [0.1, 0.15) is 0 Å². The average molecular weight is 225 g/mol. The van der Waals surface area contributed by atoms with Gasteiger partial charge in [0, 0.05) is 32.9 Å². The number of nitrogens with zero attached hydrogens (tertiary/aromatic N) is 2. The molecule has 1 aromatic rings. The number of aromatic nitrogens is 2. The molecule has 92 valence electrons. The fourth-order valence-electron chi connectivity index (χ4n) is 1.75. The number of ether oxygens (including phenoxy) is 1. The van der Waals surface area contributed by atoms with Crippen LogP contribution in [-0.4, -0.2) is 28.5 Å². The van der Waals surface area contributed by atoms with Crippen LogP contribution in [0.2, 0.25) is 0 Å². The Labute approximate surface area is 98.0 Å². The Bertz CT molecular complexity index is 320. The van der Waals surface area contributed by atoms with Crippen LogP contribution in [0.3, 0.4) is 0 Å². The summed E-state index contributed by atoms with van der Waals surface area (Å²) in [7, 11) is 3.72. The highest BCUT2D eigenvalue weighted by Crippen LogP contribution is 2.15. The molecule has 0 saturated heterocycles. The second-order valence-electron chi connectivity index (χ2n) is 4.90. The van der Waals surface area contributed by atoms with E-state index in [0.29, 0.717) is 6.04 Å². The number of methoxy groups -OCH3 is 1. The summed E-state index contributed by atoms with van der Waals surface area (Å²) in [4.78, 5) is 0. The van der Waals surface area contributed by atoms with Crippen molar-refractivity contribution in [2.45, 2.75) is 45.4 Å². The highest BCUT2D eigenvalue weighted by Gasteiger charge is 2.19. The van der Waals surface area contributed by atoms with Gasteiger partial charge in [-0.05, 0) is 33.3 Å². The molecular formula is C12H23N3O. The molecule has 1 atom stereocenters. The third-order valence-electron chi connectivity index (χ3n) is 2.90. The van der Waals surface area contributed by atoms with E-state index in [-0.39, 0.29) is 5.60 Å². The first kappa shape index (κ1) is 13.2. The second-order valence-corrected chi connectivity index (χ2v) is 4.90. The zero-order valence-corrected chi connectivity index (χ0v) is 10.9. The Morgan fingerprint density at radius 2 is 2.25 bits per heavy atom. The van der Waals surface area contributed by atoms with Gasteiger partial charge in [-0.3, -0.25) is 4.68 Å². The monoisotopic (exact) mass is 225 g/mol. The van der Waals surface area contributed by atoms with E-state index in [4.69, 9.17) is 4.74 Å². The average Bonchev–Trinajstić information content (AvgIpc) is 2.60. The van der Waals surface area contributed by atoms with Crippen LogP contribution in [0.5, 0.6) is 0 Å². The molecule has 0 radical (unpaired) electrons. The van der Waals surface area contributed by atoms with Crippen molar-refractivity contribution >= 4 is 0 Å². The maximum Gasteiger partial charge on any atom is 0.0637 e. The van der Waals surface area contributed by atoms with Crippen LogP contribution in [0.4, 0.5) is 0 Å². The Morgan fingerprint density at radius 1 is 1.56 bits per heavy atom. The van der Waals surface area contributed by atoms with Gasteiger partial charge in [0.15, 0.2) is 0 Å². The minimum Gasteiger partial charge on any atom is -0.379 e. The molecule has 0 spiro atoms. The summed E-state index contributed by atoms with van der Waals surface area (Å²) in [6, 6.07) is 2.45. The van der Waals surface area contributed by atoms with Crippen LogP contribution in [0.1, 0.15) is 32.9 Å². The Morgan fingerprint density at radius 3 is 2.75 bits per heavy atom. The van der Waals surface area contributed by atoms with Gasteiger partial charge < -0.3 is 10.1 Å². The smallest absolute Gasteiger partial charge is 0.0637 e. The van der Waals surface area contributed by atoms with Crippen molar-refractivity contribution in [2.75, 3.05) is 7.11 Å². The zero-order chi connectivity index (χ0) is 12.2. The van der Waals surface area contributed by atoms with Crippen LogP contribution in [0, 0.1) is 0 Å². The van der Waals surface area contributed by atoms with E-state index in [1.807, 2.05) is 24.0 Å². The Kier molecular flexibility index (Phi) is 4.50. The third-order valence-corrected chi connectivity index (χ3v) is 2.90. The molecule has 0 fully saturated rings. The number of aryl methyl sites for hydroxylation is 1. The number of rotatable bonds is 6. The molecule has 0 bridgehead atoms. The summed E-state index contributed by atoms with van der Waals surface area (Å²) in [6.45, 7) is 7.24. The van der Waals surface area contributed by atoms with Crippen LogP contribution in [-0.2, 0) is 18.3 Å². The lowest BCUT2D eigenvalue weighted by Gasteiger charge is -2.27. The lowest BCUT2D eigenvalue weighted by molar-refractivity contribution is 0.00840. The highest BCUT2D eigenvalue weighted by atomic mass is 16.5. The van der Waals surface area contributed by atoms with Crippen molar-refractivity contribution in [1.29, 1.82) is 0 Å². The van der Waals surface area contributed by atoms with Gasteiger partial charge in [-0.1, -0.05) is 0 Å². The minimum absolute atomic E-state index is 0.0706. The van der Waals surface area contributed by atoms with Crippen molar-refractivity contribution in [3.63, 3.8) is 0 Å². The van der Waals surface area contributed by atoms with E-state index < -0.39 is 0 Å². The number of hydrogen-bond donors (Lipinski definition) is 1. The molecule has 0 aliphatic rings. The molecule has 0 saturated carbocycles. The number of hydrogen-bond acceptors (Lipinski definition) is 3. The molecule has 1 N–H and O–H groups in total. The molecule has 4 heteroatoms. The first-order valence-electron chi connectivity index (χ1n) is 5.70. The molecule has 1 unspecified atom stereocenters. The fourth-order valence-corrected chi connectivity index (χ4v) is 1.75. The van der Waals surface area contributed by atoms with Crippen molar-refractivity contribution in [3.8, 4) is 0 Å². The summed E-state index contributed by atoms with van der Waals surface area (Å²) in [5, 5.41) is 7.61. The van der Waals surface area contributed by atoms with Gasteiger partial charge >= 0.3 is 0 Å². The SMILES string of the molecule is COC(C)(C)CC(C)NCc1ccnn1C. The normalized spacial score (nSPS) is 14.1. The van der Waals surface area contributed by atoms with Crippen LogP contribution < -0.4 is 5.32 Å². The zero-order valence-electron chi connectivity index (χ0n) is 10.9. The summed E-state index contributed by atoms with van der Waals surface area (Å²) in [5.74, 6) is 0.